The van der Waals surface area contributed by atoms with Crippen LogP contribution in [-0.2, 0) is 9.59 Å². The first-order valence-corrected chi connectivity index (χ1v) is 11.8. The van der Waals surface area contributed by atoms with Crippen LogP contribution < -0.4 is 0 Å². The molecule has 0 aromatic carbocycles. The zero-order valence-corrected chi connectivity index (χ0v) is 19.3. The highest BCUT2D eigenvalue weighted by Gasteiger charge is 2.63. The van der Waals surface area contributed by atoms with E-state index in [0.29, 0.717) is 17.4 Å². The average Bonchev–Trinajstić information content (AvgIpc) is 2.72. The monoisotopic (exact) mass is 422 g/mol. The number of rotatable bonds is 0. The van der Waals surface area contributed by atoms with Gasteiger partial charge in [0, 0.05) is 22.3 Å². The largest absolute Gasteiger partial charge is 0.504 e. The third kappa shape index (κ3) is 2.46. The maximum absolute atomic E-state index is 12.6. The Kier molecular flexibility index (Phi) is 4.26. The summed E-state index contributed by atoms with van der Waals surface area (Å²) in [5.41, 5.74) is 3.49. The first kappa shape index (κ1) is 20.9. The van der Waals surface area contributed by atoms with Crippen molar-refractivity contribution in [1.29, 1.82) is 0 Å². The molecule has 0 aromatic rings. The van der Waals surface area contributed by atoms with E-state index in [4.69, 9.17) is 0 Å². The van der Waals surface area contributed by atoms with E-state index in [2.05, 4.69) is 32.9 Å². The molecule has 3 saturated carbocycles. The quantitative estimate of drug-likeness (QED) is 0.576. The summed E-state index contributed by atoms with van der Waals surface area (Å²) in [5, 5.41) is 21.2. The number of carbonyl (C=O) groups is 2. The molecule has 166 valence electrons. The Labute approximate surface area is 184 Å². The summed E-state index contributed by atoms with van der Waals surface area (Å²) in [6, 6.07) is 0. The van der Waals surface area contributed by atoms with Gasteiger partial charge in [-0.2, -0.15) is 0 Å². The van der Waals surface area contributed by atoms with Gasteiger partial charge in [-0.3, -0.25) is 9.59 Å². The van der Waals surface area contributed by atoms with Crippen LogP contribution in [0, 0.1) is 34.0 Å². The van der Waals surface area contributed by atoms with E-state index < -0.39 is 6.10 Å². The predicted molar refractivity (Wildman–Crippen MR) is 119 cm³/mol. The van der Waals surface area contributed by atoms with Gasteiger partial charge in [-0.25, -0.2) is 0 Å². The van der Waals surface area contributed by atoms with Gasteiger partial charge in [0.1, 0.15) is 6.10 Å². The molecule has 7 atom stereocenters. The number of fused-ring (bicyclic) bond motifs is 7. The van der Waals surface area contributed by atoms with Crippen molar-refractivity contribution in [3.05, 3.63) is 46.3 Å². The lowest BCUT2D eigenvalue weighted by atomic mass is 9.40. The minimum absolute atomic E-state index is 0.0143. The van der Waals surface area contributed by atoms with Crippen molar-refractivity contribution in [2.45, 2.75) is 72.8 Å². The number of ketones is 2. The van der Waals surface area contributed by atoms with E-state index >= 15 is 0 Å². The molecule has 5 rings (SSSR count). The highest BCUT2D eigenvalue weighted by Crippen LogP contribution is 2.69. The molecular weight excluding hydrogens is 388 g/mol. The predicted octanol–water partition coefficient (Wildman–Crippen LogP) is 5.00. The molecule has 0 bridgehead atoms. The number of hydrogen-bond donors (Lipinski definition) is 2. The summed E-state index contributed by atoms with van der Waals surface area (Å²) in [7, 11) is 0. The number of aliphatic hydroxyl groups is 2. The molecule has 5 aliphatic rings. The van der Waals surface area contributed by atoms with Crippen LogP contribution >= 0.6 is 0 Å². The van der Waals surface area contributed by atoms with Crippen molar-refractivity contribution >= 4 is 11.6 Å². The second kappa shape index (κ2) is 6.31. The first-order chi connectivity index (χ1) is 14.4. The Morgan fingerprint density at radius 2 is 1.74 bits per heavy atom. The van der Waals surface area contributed by atoms with Gasteiger partial charge in [-0.15, -0.1) is 0 Å². The molecule has 0 spiro atoms. The molecule has 0 amide bonds. The van der Waals surface area contributed by atoms with E-state index in [1.54, 1.807) is 6.08 Å². The van der Waals surface area contributed by atoms with Gasteiger partial charge < -0.3 is 10.2 Å². The van der Waals surface area contributed by atoms with E-state index in [1.807, 2.05) is 13.8 Å². The van der Waals surface area contributed by atoms with Crippen molar-refractivity contribution in [2.24, 2.45) is 34.0 Å². The number of Topliss-reactive ketones (excluding diaryl/α,β-unsaturated/α-hetero) is 1. The smallest absolute Gasteiger partial charge is 0.220 e. The summed E-state index contributed by atoms with van der Waals surface area (Å²) < 4.78 is 0. The van der Waals surface area contributed by atoms with E-state index in [9.17, 15) is 19.8 Å². The Morgan fingerprint density at radius 1 is 1.03 bits per heavy atom. The fourth-order valence-electron chi connectivity index (χ4n) is 8.01. The van der Waals surface area contributed by atoms with Gasteiger partial charge in [0.05, 0.1) is 0 Å². The molecule has 4 nitrogen and oxygen atoms in total. The first-order valence-electron chi connectivity index (χ1n) is 11.8. The molecule has 0 heterocycles. The Bertz CT molecular complexity index is 1030. The minimum atomic E-state index is -0.861. The maximum Gasteiger partial charge on any atom is 0.220 e. The van der Waals surface area contributed by atoms with Gasteiger partial charge in [0.2, 0.25) is 5.78 Å². The van der Waals surface area contributed by atoms with Crippen LogP contribution in [0.3, 0.4) is 0 Å². The summed E-state index contributed by atoms with van der Waals surface area (Å²) in [6.45, 7) is 10.6. The van der Waals surface area contributed by atoms with Crippen LogP contribution in [0.5, 0.6) is 0 Å². The Hall–Kier alpha value is -1.94. The van der Waals surface area contributed by atoms with Crippen LogP contribution in [0.25, 0.3) is 0 Å². The third-order valence-electron chi connectivity index (χ3n) is 10.1. The van der Waals surface area contributed by atoms with Crippen LogP contribution in [0.4, 0.5) is 0 Å². The fourth-order valence-corrected chi connectivity index (χ4v) is 8.01. The van der Waals surface area contributed by atoms with Crippen molar-refractivity contribution in [2.75, 3.05) is 0 Å². The lowest BCUT2D eigenvalue weighted by molar-refractivity contribution is -0.168. The van der Waals surface area contributed by atoms with E-state index in [1.165, 1.54) is 5.57 Å². The summed E-state index contributed by atoms with van der Waals surface area (Å²) in [4.78, 5) is 25.1. The maximum atomic E-state index is 12.6. The zero-order valence-electron chi connectivity index (χ0n) is 19.3. The number of allylic oxidation sites excluding steroid dienone is 7. The van der Waals surface area contributed by atoms with Gasteiger partial charge in [0.25, 0.3) is 0 Å². The molecule has 31 heavy (non-hydrogen) atoms. The van der Waals surface area contributed by atoms with Crippen LogP contribution in [0.15, 0.2) is 46.3 Å². The normalized spacial score (nSPS) is 46.8. The zero-order chi connectivity index (χ0) is 22.5. The number of carbonyl (C=O) groups excluding carboxylic acids is 2. The van der Waals surface area contributed by atoms with Crippen molar-refractivity contribution in [1.82, 2.24) is 0 Å². The summed E-state index contributed by atoms with van der Waals surface area (Å²) >= 11 is 0. The topological polar surface area (TPSA) is 74.6 Å². The van der Waals surface area contributed by atoms with Crippen molar-refractivity contribution in [3.8, 4) is 0 Å². The molecule has 5 aliphatic carbocycles. The lowest BCUT2D eigenvalue weighted by Crippen LogP contribution is -2.61. The SMILES string of the molecule is CC1=C(O)C(=O)C=C2C1=CC=C1[C@@]2(C)CCC2C3C[C@@H](C)C(=O)[C@@H](O)[C@]3(C)CC[C@]12C. The molecule has 0 aliphatic heterocycles. The van der Waals surface area contributed by atoms with E-state index in [0.717, 1.165) is 43.3 Å². The van der Waals surface area contributed by atoms with Gasteiger partial charge in [-0.05, 0) is 73.5 Å². The molecule has 4 heteroatoms. The molecule has 0 aromatic heterocycles. The third-order valence-corrected chi connectivity index (χ3v) is 10.1. The van der Waals surface area contributed by atoms with Crippen molar-refractivity contribution < 1.29 is 19.8 Å². The second-order valence-corrected chi connectivity index (χ2v) is 11.5. The number of aliphatic hydroxyl groups excluding tert-OH is 2. The molecule has 2 unspecified atom stereocenters. The van der Waals surface area contributed by atoms with Crippen LogP contribution in [-0.4, -0.2) is 27.9 Å². The van der Waals surface area contributed by atoms with Crippen molar-refractivity contribution in [3.63, 3.8) is 0 Å². The van der Waals surface area contributed by atoms with Gasteiger partial charge >= 0.3 is 0 Å². The van der Waals surface area contributed by atoms with E-state index in [-0.39, 0.29) is 39.5 Å². The Morgan fingerprint density at radius 3 is 2.45 bits per heavy atom. The molecule has 2 N–H and O–H groups in total. The molecule has 0 radical (unpaired) electrons. The minimum Gasteiger partial charge on any atom is -0.504 e. The molecule has 0 saturated heterocycles. The fraction of sp³-hybridized carbons (Fsp3) is 0.630. The van der Waals surface area contributed by atoms with Gasteiger partial charge in [-0.1, -0.05) is 45.4 Å². The van der Waals surface area contributed by atoms with Crippen LogP contribution in [0.1, 0.15) is 66.7 Å². The summed E-state index contributed by atoms with van der Waals surface area (Å²) in [5.74, 6) is 0.218. The Balaban J connectivity index is 1.61. The standard InChI is InChI=1S/C27H34O4/c1-14-12-19-17-8-9-25(3)18-13-20(28)23(30)15(2)16(18)6-7-21(25)26(17,4)10-11-27(19,5)24(31)22(14)29/h6-7,13-14,17,19,24,30-31H,8-12H2,1-5H3/t14-,17?,19?,24-,25+,26+,27-/m1/s1. The molecular formula is C27H34O4. The number of hydrogen-bond acceptors (Lipinski definition) is 4. The average molecular weight is 423 g/mol. The lowest BCUT2D eigenvalue weighted by Gasteiger charge is -2.64. The molecule has 3 fully saturated rings. The second-order valence-electron chi connectivity index (χ2n) is 11.5. The van der Waals surface area contributed by atoms with Crippen LogP contribution in [0.2, 0.25) is 0 Å². The highest BCUT2D eigenvalue weighted by atomic mass is 16.3. The highest BCUT2D eigenvalue weighted by molar-refractivity contribution is 6.06. The van der Waals surface area contributed by atoms with Gasteiger partial charge in [0.15, 0.2) is 11.5 Å². The summed E-state index contributed by atoms with van der Waals surface area (Å²) in [6.07, 6.45) is 9.73.